The number of halogens is 3. The summed E-state index contributed by atoms with van der Waals surface area (Å²) in [5, 5.41) is 2.48. The van der Waals surface area contributed by atoms with Crippen molar-refractivity contribution < 1.29 is 18.0 Å². The van der Waals surface area contributed by atoms with Crippen molar-refractivity contribution in [3.05, 3.63) is 75.8 Å². The summed E-state index contributed by atoms with van der Waals surface area (Å²) in [7, 11) is 0. The number of aromatic nitrogens is 2. The normalized spacial score (nSPS) is 11.6. The van der Waals surface area contributed by atoms with E-state index >= 15 is 0 Å². The van der Waals surface area contributed by atoms with E-state index in [0.29, 0.717) is 12.1 Å². The van der Waals surface area contributed by atoms with Crippen molar-refractivity contribution in [2.45, 2.75) is 26.2 Å². The Hall–Kier alpha value is -3.16. The molecule has 2 heterocycles. The molecule has 0 aliphatic rings. The predicted molar refractivity (Wildman–Crippen MR) is 94.3 cm³/mol. The van der Waals surface area contributed by atoms with Crippen LogP contribution in [0.3, 0.4) is 0 Å². The summed E-state index contributed by atoms with van der Waals surface area (Å²) in [4.78, 5) is 29.0. The summed E-state index contributed by atoms with van der Waals surface area (Å²) in [5.74, 6) is -0.640. The Labute approximate surface area is 152 Å². The van der Waals surface area contributed by atoms with E-state index in [9.17, 15) is 22.8 Å². The van der Waals surface area contributed by atoms with Crippen molar-refractivity contribution in [2.24, 2.45) is 0 Å². The molecule has 3 aromatic rings. The third-order valence-corrected chi connectivity index (χ3v) is 4.20. The van der Waals surface area contributed by atoms with Gasteiger partial charge >= 0.3 is 6.18 Å². The first-order chi connectivity index (χ1) is 12.8. The van der Waals surface area contributed by atoms with E-state index in [1.165, 1.54) is 12.3 Å². The summed E-state index contributed by atoms with van der Waals surface area (Å²) in [5.41, 5.74) is -0.717. The van der Waals surface area contributed by atoms with Crippen LogP contribution in [0, 0.1) is 0 Å². The number of alkyl halides is 3. The predicted octanol–water partition coefficient (Wildman–Crippen LogP) is 3.37. The average Bonchev–Trinajstić information content (AvgIpc) is 2.66. The summed E-state index contributed by atoms with van der Waals surface area (Å²) in [6.45, 7) is 2.35. The fourth-order valence-electron chi connectivity index (χ4n) is 2.78. The van der Waals surface area contributed by atoms with Crippen molar-refractivity contribution in [1.82, 2.24) is 14.9 Å². The number of amides is 1. The maximum absolute atomic E-state index is 13.0. The first-order valence-electron chi connectivity index (χ1n) is 8.22. The topological polar surface area (TPSA) is 64.0 Å². The van der Waals surface area contributed by atoms with Gasteiger partial charge in [0.05, 0.1) is 11.1 Å². The lowest BCUT2D eigenvalue weighted by molar-refractivity contribution is -0.137. The van der Waals surface area contributed by atoms with Crippen LogP contribution >= 0.6 is 0 Å². The van der Waals surface area contributed by atoms with Crippen LogP contribution in [0.1, 0.15) is 28.4 Å². The van der Waals surface area contributed by atoms with Crippen molar-refractivity contribution >= 4 is 16.8 Å². The number of carbonyl (C=O) groups excluding carboxylic acids is 1. The zero-order valence-corrected chi connectivity index (χ0v) is 14.4. The molecule has 0 unspecified atom stereocenters. The second kappa shape index (κ2) is 7.22. The van der Waals surface area contributed by atoms with E-state index in [1.807, 2.05) is 0 Å². The summed E-state index contributed by atoms with van der Waals surface area (Å²) in [6.07, 6.45) is -0.0579. The molecule has 1 N–H and O–H groups in total. The van der Waals surface area contributed by atoms with Crippen LogP contribution in [0.5, 0.6) is 0 Å². The SMILES string of the molecule is CCn1cc(C(=O)NCc2ccncc2)c(=O)c2cc(C(F)(F)F)ccc21. The molecule has 0 saturated carbocycles. The molecular formula is C19H16F3N3O2. The highest BCUT2D eigenvalue weighted by atomic mass is 19.4. The van der Waals surface area contributed by atoms with Gasteiger partial charge in [-0.25, -0.2) is 0 Å². The highest BCUT2D eigenvalue weighted by Crippen LogP contribution is 2.30. The van der Waals surface area contributed by atoms with Crippen molar-refractivity contribution in [1.29, 1.82) is 0 Å². The highest BCUT2D eigenvalue weighted by Gasteiger charge is 2.31. The molecule has 3 rings (SSSR count). The molecule has 5 nitrogen and oxygen atoms in total. The number of carbonyl (C=O) groups is 1. The van der Waals surface area contributed by atoms with Crippen molar-refractivity contribution in [3.63, 3.8) is 0 Å². The molecule has 0 fully saturated rings. The van der Waals surface area contributed by atoms with Gasteiger partial charge in [-0.15, -0.1) is 0 Å². The Morgan fingerprint density at radius 1 is 1.19 bits per heavy atom. The second-order valence-electron chi connectivity index (χ2n) is 5.93. The van der Waals surface area contributed by atoms with E-state index in [4.69, 9.17) is 0 Å². The number of nitrogens with one attached hydrogen (secondary N) is 1. The molecule has 27 heavy (non-hydrogen) atoms. The number of pyridine rings is 2. The van der Waals surface area contributed by atoms with E-state index in [2.05, 4.69) is 10.3 Å². The maximum atomic E-state index is 13.0. The molecule has 140 valence electrons. The number of aryl methyl sites for hydroxylation is 1. The Kier molecular flexibility index (Phi) is 4.98. The highest BCUT2D eigenvalue weighted by molar-refractivity contribution is 5.97. The van der Waals surface area contributed by atoms with Crippen LogP contribution in [0.25, 0.3) is 10.9 Å². The maximum Gasteiger partial charge on any atom is 0.416 e. The Morgan fingerprint density at radius 3 is 2.52 bits per heavy atom. The number of fused-ring (bicyclic) bond motifs is 1. The molecule has 0 bridgehead atoms. The number of hydrogen-bond donors (Lipinski definition) is 1. The van der Waals surface area contributed by atoms with E-state index in [-0.39, 0.29) is 17.5 Å². The van der Waals surface area contributed by atoms with Gasteiger partial charge in [0.1, 0.15) is 5.56 Å². The Bertz CT molecular complexity index is 1040. The van der Waals surface area contributed by atoms with Crippen LogP contribution in [-0.2, 0) is 19.3 Å². The van der Waals surface area contributed by atoms with E-state index in [1.54, 1.807) is 36.0 Å². The van der Waals surface area contributed by atoms with Gasteiger partial charge in [0, 0.05) is 37.1 Å². The summed E-state index contributed by atoms with van der Waals surface area (Å²) >= 11 is 0. The lowest BCUT2D eigenvalue weighted by atomic mass is 10.1. The fraction of sp³-hybridized carbons (Fsp3) is 0.211. The Balaban J connectivity index is 2.03. The zero-order chi connectivity index (χ0) is 19.6. The minimum atomic E-state index is -4.57. The number of nitrogens with zero attached hydrogens (tertiary/aromatic N) is 2. The molecule has 0 aliphatic carbocycles. The van der Waals surface area contributed by atoms with Crippen LogP contribution in [-0.4, -0.2) is 15.5 Å². The van der Waals surface area contributed by atoms with Crippen LogP contribution < -0.4 is 10.7 Å². The van der Waals surface area contributed by atoms with Gasteiger partial charge in [0.2, 0.25) is 5.43 Å². The van der Waals surface area contributed by atoms with Gasteiger partial charge in [-0.2, -0.15) is 13.2 Å². The first-order valence-corrected chi connectivity index (χ1v) is 8.22. The molecule has 0 radical (unpaired) electrons. The van der Waals surface area contributed by atoms with Crippen LogP contribution in [0.15, 0.2) is 53.7 Å². The molecule has 0 saturated heterocycles. The van der Waals surface area contributed by atoms with Crippen molar-refractivity contribution in [3.8, 4) is 0 Å². The van der Waals surface area contributed by atoms with E-state index in [0.717, 1.165) is 17.7 Å². The van der Waals surface area contributed by atoms with Gasteiger partial charge in [-0.1, -0.05) is 0 Å². The molecule has 0 aliphatic heterocycles. The molecular weight excluding hydrogens is 359 g/mol. The molecule has 8 heteroatoms. The van der Waals surface area contributed by atoms with Gasteiger partial charge in [-0.3, -0.25) is 14.6 Å². The number of benzene rings is 1. The van der Waals surface area contributed by atoms with Crippen molar-refractivity contribution in [2.75, 3.05) is 0 Å². The summed E-state index contributed by atoms with van der Waals surface area (Å²) < 4.78 is 40.6. The van der Waals surface area contributed by atoms with Gasteiger partial charge in [0.25, 0.3) is 5.91 Å². The van der Waals surface area contributed by atoms with Crippen LogP contribution in [0.2, 0.25) is 0 Å². The van der Waals surface area contributed by atoms with E-state index < -0.39 is 23.1 Å². The largest absolute Gasteiger partial charge is 0.416 e. The molecule has 0 atom stereocenters. The quantitative estimate of drug-likeness (QED) is 0.761. The lowest BCUT2D eigenvalue weighted by Crippen LogP contribution is -2.29. The smallest absolute Gasteiger partial charge is 0.348 e. The zero-order valence-electron chi connectivity index (χ0n) is 14.4. The standard InChI is InChI=1S/C19H16F3N3O2/c1-2-25-11-15(18(27)24-10-12-5-7-23-8-6-12)17(26)14-9-13(19(20,21)22)3-4-16(14)25/h3-9,11H,2,10H2,1H3,(H,24,27). The molecule has 0 spiro atoms. The minimum absolute atomic E-state index is 0.136. The lowest BCUT2D eigenvalue weighted by Gasteiger charge is -2.14. The number of hydrogen-bond acceptors (Lipinski definition) is 3. The van der Waals surface area contributed by atoms with Crippen LogP contribution in [0.4, 0.5) is 13.2 Å². The number of rotatable bonds is 4. The molecule has 1 amide bonds. The first kappa shape index (κ1) is 18.6. The molecule has 2 aromatic heterocycles. The monoisotopic (exact) mass is 375 g/mol. The molecule has 1 aromatic carbocycles. The van der Waals surface area contributed by atoms with Gasteiger partial charge < -0.3 is 9.88 Å². The summed E-state index contributed by atoms with van der Waals surface area (Å²) in [6, 6.07) is 6.39. The van der Waals surface area contributed by atoms with Gasteiger partial charge in [0.15, 0.2) is 0 Å². The van der Waals surface area contributed by atoms with Gasteiger partial charge in [-0.05, 0) is 42.8 Å². The average molecular weight is 375 g/mol. The second-order valence-corrected chi connectivity index (χ2v) is 5.93. The third-order valence-electron chi connectivity index (χ3n) is 4.20. The third kappa shape index (κ3) is 3.84. The Morgan fingerprint density at radius 2 is 1.89 bits per heavy atom. The fourth-order valence-corrected chi connectivity index (χ4v) is 2.78. The minimum Gasteiger partial charge on any atom is -0.348 e.